The van der Waals surface area contributed by atoms with E-state index in [0.717, 1.165) is 10.3 Å². The molecule has 100 valence electrons. The first-order valence-electron chi connectivity index (χ1n) is 6.06. The number of nitrogens with two attached hydrogens (primary N) is 1. The Hall–Kier alpha value is -2.47. The van der Waals surface area contributed by atoms with E-state index in [2.05, 4.69) is 15.3 Å². The third-order valence-electron chi connectivity index (χ3n) is 2.86. The van der Waals surface area contributed by atoms with Crippen molar-refractivity contribution in [2.45, 2.75) is 6.54 Å². The second-order valence-corrected chi connectivity index (χ2v) is 5.29. The smallest absolute Gasteiger partial charge is 0.263 e. The number of nitrogens with one attached hydrogen (secondary N) is 1. The number of nitrogens with zero attached hydrogens (tertiary/aromatic N) is 2. The third kappa shape index (κ3) is 2.33. The number of amides is 1. The highest BCUT2D eigenvalue weighted by Gasteiger charge is 2.16. The molecule has 0 unspecified atom stereocenters. The van der Waals surface area contributed by atoms with Crippen molar-refractivity contribution < 1.29 is 4.79 Å². The molecule has 3 N–H and O–H groups in total. The van der Waals surface area contributed by atoms with Crippen LogP contribution in [0, 0.1) is 0 Å². The number of thiophene rings is 1. The van der Waals surface area contributed by atoms with E-state index in [9.17, 15) is 4.79 Å². The molecule has 0 aliphatic carbocycles. The van der Waals surface area contributed by atoms with Crippen molar-refractivity contribution in [3.63, 3.8) is 0 Å². The van der Waals surface area contributed by atoms with Gasteiger partial charge in [0.1, 0.15) is 10.4 Å². The molecule has 0 spiro atoms. The summed E-state index contributed by atoms with van der Waals surface area (Å²) in [6.45, 7) is 0.424. The summed E-state index contributed by atoms with van der Waals surface area (Å²) in [4.78, 5) is 20.9. The van der Waals surface area contributed by atoms with E-state index in [1.165, 1.54) is 11.3 Å². The Bertz CT molecular complexity index is 754. The second-order valence-electron chi connectivity index (χ2n) is 4.24. The van der Waals surface area contributed by atoms with Crippen molar-refractivity contribution in [3.8, 4) is 0 Å². The van der Waals surface area contributed by atoms with Crippen molar-refractivity contribution in [1.82, 2.24) is 15.3 Å². The van der Waals surface area contributed by atoms with Crippen LogP contribution >= 0.6 is 11.3 Å². The Morgan fingerprint density at radius 2 is 2.15 bits per heavy atom. The molecule has 0 saturated heterocycles. The van der Waals surface area contributed by atoms with Crippen molar-refractivity contribution in [3.05, 3.63) is 53.3 Å². The van der Waals surface area contributed by atoms with Crippen LogP contribution in [0.15, 0.2) is 42.9 Å². The summed E-state index contributed by atoms with van der Waals surface area (Å²) in [7, 11) is 0. The molecule has 0 aromatic carbocycles. The Kier molecular flexibility index (Phi) is 3.30. The van der Waals surface area contributed by atoms with Crippen molar-refractivity contribution in [2.24, 2.45) is 0 Å². The number of anilines is 1. The van der Waals surface area contributed by atoms with Gasteiger partial charge < -0.3 is 11.1 Å². The Labute approximate surface area is 119 Å². The molecular formula is C14H12N4OS. The third-order valence-corrected chi connectivity index (χ3v) is 4.02. The molecule has 0 atom stereocenters. The van der Waals surface area contributed by atoms with Crippen molar-refractivity contribution in [2.75, 3.05) is 5.73 Å². The summed E-state index contributed by atoms with van der Waals surface area (Å²) in [5.74, 6) is -0.186. The van der Waals surface area contributed by atoms with E-state index in [1.54, 1.807) is 18.6 Å². The van der Waals surface area contributed by atoms with Crippen LogP contribution in [0.2, 0.25) is 0 Å². The van der Waals surface area contributed by atoms with Gasteiger partial charge in [-0.15, -0.1) is 11.3 Å². The van der Waals surface area contributed by atoms with Crippen LogP contribution in [0.1, 0.15) is 15.2 Å². The van der Waals surface area contributed by atoms with Gasteiger partial charge in [0.15, 0.2) is 0 Å². The van der Waals surface area contributed by atoms with E-state index >= 15 is 0 Å². The van der Waals surface area contributed by atoms with E-state index in [1.807, 2.05) is 24.3 Å². The predicted octanol–water partition coefficient (Wildman–Crippen LogP) is 2.20. The Morgan fingerprint density at radius 1 is 1.30 bits per heavy atom. The number of pyridine rings is 2. The lowest BCUT2D eigenvalue weighted by atomic mass is 10.2. The lowest BCUT2D eigenvalue weighted by molar-refractivity contribution is 0.0956. The van der Waals surface area contributed by atoms with Crippen LogP contribution in [-0.2, 0) is 6.54 Å². The molecule has 0 fully saturated rings. The number of hydrogen-bond donors (Lipinski definition) is 2. The molecule has 3 heterocycles. The lowest BCUT2D eigenvalue weighted by Gasteiger charge is -2.03. The zero-order valence-electron chi connectivity index (χ0n) is 10.5. The topological polar surface area (TPSA) is 80.9 Å². The average Bonchev–Trinajstić information content (AvgIpc) is 2.84. The van der Waals surface area contributed by atoms with Crippen LogP contribution in [0.4, 0.5) is 5.69 Å². The maximum atomic E-state index is 12.2. The van der Waals surface area contributed by atoms with Crippen molar-refractivity contribution >= 4 is 33.1 Å². The Balaban J connectivity index is 1.81. The number of fused-ring (bicyclic) bond motifs is 1. The number of carbonyl (C=O) groups excluding carboxylic acids is 1. The summed E-state index contributed by atoms with van der Waals surface area (Å²) in [6, 6.07) is 7.47. The minimum Gasteiger partial charge on any atom is -0.396 e. The summed E-state index contributed by atoms with van der Waals surface area (Å²) in [5.41, 5.74) is 8.05. The molecule has 3 aromatic rings. The molecule has 0 radical (unpaired) electrons. The van der Waals surface area contributed by atoms with Crippen LogP contribution in [-0.4, -0.2) is 15.9 Å². The van der Waals surface area contributed by atoms with Gasteiger partial charge in [0.2, 0.25) is 0 Å². The van der Waals surface area contributed by atoms with Gasteiger partial charge in [-0.25, -0.2) is 0 Å². The largest absolute Gasteiger partial charge is 0.396 e. The number of rotatable bonds is 3. The second kappa shape index (κ2) is 5.26. The molecule has 1 amide bonds. The number of carbonyl (C=O) groups is 1. The zero-order valence-corrected chi connectivity index (χ0v) is 11.4. The molecule has 0 aliphatic heterocycles. The normalized spacial score (nSPS) is 10.6. The average molecular weight is 284 g/mol. The molecule has 3 rings (SSSR count). The van der Waals surface area contributed by atoms with E-state index in [0.29, 0.717) is 22.6 Å². The van der Waals surface area contributed by atoms with E-state index < -0.39 is 0 Å². The first kappa shape index (κ1) is 12.6. The number of hydrogen-bond acceptors (Lipinski definition) is 5. The fraction of sp³-hybridized carbons (Fsp3) is 0.0714. The standard InChI is InChI=1S/C14H12N4OS/c15-11-12-10(4-2-6-17-12)20-13(11)14(19)18-8-9-3-1-5-16-7-9/h1-7H,8,15H2,(H,18,19). The SMILES string of the molecule is Nc1c(C(=O)NCc2cccnc2)sc2cccnc12. The summed E-state index contributed by atoms with van der Waals surface area (Å²) >= 11 is 1.35. The lowest BCUT2D eigenvalue weighted by Crippen LogP contribution is -2.22. The molecular weight excluding hydrogens is 272 g/mol. The predicted molar refractivity (Wildman–Crippen MR) is 79.4 cm³/mol. The van der Waals surface area contributed by atoms with Crippen LogP contribution in [0.3, 0.4) is 0 Å². The number of aromatic nitrogens is 2. The van der Waals surface area contributed by atoms with Gasteiger partial charge in [-0.3, -0.25) is 14.8 Å². The summed E-state index contributed by atoms with van der Waals surface area (Å²) < 4.78 is 0.913. The number of nitrogen functional groups attached to an aromatic ring is 1. The molecule has 6 heteroatoms. The highest BCUT2D eigenvalue weighted by Crippen LogP contribution is 2.31. The van der Waals surface area contributed by atoms with Gasteiger partial charge in [-0.1, -0.05) is 6.07 Å². The van der Waals surface area contributed by atoms with Gasteiger partial charge in [0.25, 0.3) is 5.91 Å². The van der Waals surface area contributed by atoms with E-state index in [4.69, 9.17) is 5.73 Å². The maximum Gasteiger partial charge on any atom is 0.263 e. The molecule has 0 saturated carbocycles. The van der Waals surface area contributed by atoms with E-state index in [-0.39, 0.29) is 5.91 Å². The molecule has 3 aromatic heterocycles. The van der Waals surface area contributed by atoms with Gasteiger partial charge in [0.05, 0.1) is 10.4 Å². The monoisotopic (exact) mass is 284 g/mol. The highest BCUT2D eigenvalue weighted by molar-refractivity contribution is 7.21. The fourth-order valence-corrected chi connectivity index (χ4v) is 2.88. The van der Waals surface area contributed by atoms with Gasteiger partial charge >= 0.3 is 0 Å². The van der Waals surface area contributed by atoms with Crippen LogP contribution < -0.4 is 11.1 Å². The molecule has 5 nitrogen and oxygen atoms in total. The fourth-order valence-electron chi connectivity index (χ4n) is 1.88. The van der Waals surface area contributed by atoms with Gasteiger partial charge in [0, 0.05) is 25.1 Å². The van der Waals surface area contributed by atoms with Crippen molar-refractivity contribution in [1.29, 1.82) is 0 Å². The molecule has 0 aliphatic rings. The minimum atomic E-state index is -0.186. The van der Waals surface area contributed by atoms with Gasteiger partial charge in [-0.05, 0) is 23.8 Å². The molecule has 20 heavy (non-hydrogen) atoms. The minimum absolute atomic E-state index is 0.186. The molecule has 0 bridgehead atoms. The van der Waals surface area contributed by atoms with Gasteiger partial charge in [-0.2, -0.15) is 0 Å². The summed E-state index contributed by atoms with van der Waals surface area (Å²) in [5, 5.41) is 2.84. The van der Waals surface area contributed by atoms with Crippen LogP contribution in [0.25, 0.3) is 10.2 Å². The summed E-state index contributed by atoms with van der Waals surface area (Å²) in [6.07, 6.45) is 5.08. The zero-order chi connectivity index (χ0) is 13.9. The highest BCUT2D eigenvalue weighted by atomic mass is 32.1. The van der Waals surface area contributed by atoms with Crippen LogP contribution in [0.5, 0.6) is 0 Å². The Morgan fingerprint density at radius 3 is 2.90 bits per heavy atom. The quantitative estimate of drug-likeness (QED) is 0.772. The first-order chi connectivity index (χ1) is 9.75. The maximum absolute atomic E-state index is 12.2. The first-order valence-corrected chi connectivity index (χ1v) is 6.87.